The third-order valence-electron chi connectivity index (χ3n) is 2.76. The van der Waals surface area contributed by atoms with Crippen LogP contribution in [0.4, 0.5) is 0 Å². The lowest BCUT2D eigenvalue weighted by Crippen LogP contribution is -2.57. The topological polar surface area (TPSA) is 86.6 Å². The van der Waals surface area contributed by atoms with E-state index in [0.717, 1.165) is 0 Å². The molecule has 0 unspecified atom stereocenters. The molecule has 94 valence electrons. The molecule has 0 radical (unpaired) electrons. The van der Waals surface area contributed by atoms with E-state index in [4.69, 9.17) is 28.8 Å². The van der Waals surface area contributed by atoms with Crippen LogP contribution in [0.1, 0.15) is 0 Å². The molecule has 0 spiro atoms. The van der Waals surface area contributed by atoms with Crippen molar-refractivity contribution in [3.63, 3.8) is 0 Å². The highest BCUT2D eigenvalue weighted by molar-refractivity contribution is 4.93. The lowest BCUT2D eigenvalue weighted by Gasteiger charge is -2.38. The fourth-order valence-electron chi connectivity index (χ4n) is 1.93. The highest BCUT2D eigenvalue weighted by Gasteiger charge is 2.52. The van der Waals surface area contributed by atoms with Crippen LogP contribution in [0.5, 0.6) is 0 Å². The van der Waals surface area contributed by atoms with Crippen molar-refractivity contribution in [1.29, 1.82) is 0 Å². The van der Waals surface area contributed by atoms with E-state index >= 15 is 0 Å². The van der Waals surface area contributed by atoms with Gasteiger partial charge in [-0.05, 0) is 0 Å². The molecule has 2 aliphatic rings. The first-order chi connectivity index (χ1) is 7.71. The van der Waals surface area contributed by atoms with Gasteiger partial charge in [-0.15, -0.1) is 0 Å². The van der Waals surface area contributed by atoms with Crippen molar-refractivity contribution in [2.45, 2.75) is 37.2 Å². The largest absolute Gasteiger partial charge is 0.394 e. The van der Waals surface area contributed by atoms with E-state index < -0.39 is 37.2 Å². The molecule has 7 nitrogen and oxygen atoms in total. The van der Waals surface area contributed by atoms with E-state index in [0.29, 0.717) is 0 Å². The number of fused-ring (bicyclic) bond motifs is 1. The van der Waals surface area contributed by atoms with Gasteiger partial charge in [-0.1, -0.05) is 0 Å². The van der Waals surface area contributed by atoms with Crippen molar-refractivity contribution >= 4 is 0 Å². The lowest BCUT2D eigenvalue weighted by atomic mass is 9.99. The maximum Gasteiger partial charge on any atom is 0.272 e. The van der Waals surface area contributed by atoms with Gasteiger partial charge in [-0.2, -0.15) is 0 Å². The molecule has 2 fully saturated rings. The number of methoxy groups -OCH3 is 2. The quantitative estimate of drug-likeness (QED) is 0.611. The first-order valence-corrected chi connectivity index (χ1v) is 5.02. The van der Waals surface area contributed by atoms with Crippen LogP contribution in [0, 0.1) is 0 Å². The van der Waals surface area contributed by atoms with Crippen LogP contribution >= 0.6 is 0 Å². The minimum absolute atomic E-state index is 0.314. The van der Waals surface area contributed by atoms with Gasteiger partial charge in [0.15, 0.2) is 6.29 Å². The number of aliphatic hydroxyl groups is 2. The van der Waals surface area contributed by atoms with Gasteiger partial charge in [0, 0.05) is 14.2 Å². The summed E-state index contributed by atoms with van der Waals surface area (Å²) in [4.78, 5) is 0. The predicted octanol–water partition coefficient (Wildman–Crippen LogP) is -1.58. The molecule has 7 heteroatoms. The molecule has 0 aromatic carbocycles. The molecule has 2 rings (SSSR count). The zero-order chi connectivity index (χ0) is 11.7. The zero-order valence-corrected chi connectivity index (χ0v) is 9.11. The second kappa shape index (κ2) is 4.92. The van der Waals surface area contributed by atoms with E-state index in [1.165, 1.54) is 14.2 Å². The van der Waals surface area contributed by atoms with Crippen molar-refractivity contribution in [1.82, 2.24) is 0 Å². The van der Waals surface area contributed by atoms with Gasteiger partial charge in [-0.3, -0.25) is 0 Å². The van der Waals surface area contributed by atoms with Gasteiger partial charge in [0.25, 0.3) is 6.48 Å². The second-order valence-electron chi connectivity index (χ2n) is 3.68. The molecule has 16 heavy (non-hydrogen) atoms. The van der Waals surface area contributed by atoms with E-state index in [1.54, 1.807) is 0 Å². The summed E-state index contributed by atoms with van der Waals surface area (Å²) in [7, 11) is 2.89. The van der Waals surface area contributed by atoms with Gasteiger partial charge in [0.05, 0.1) is 6.61 Å². The predicted molar refractivity (Wildman–Crippen MR) is 49.3 cm³/mol. The monoisotopic (exact) mass is 236 g/mol. The van der Waals surface area contributed by atoms with Crippen molar-refractivity contribution < 1.29 is 33.9 Å². The Hall–Kier alpha value is -0.280. The molecule has 0 saturated carbocycles. The molecule has 0 bridgehead atoms. The Labute approximate surface area is 92.8 Å². The summed E-state index contributed by atoms with van der Waals surface area (Å²) in [6.45, 7) is -1.16. The summed E-state index contributed by atoms with van der Waals surface area (Å²) in [5.74, 6) is 0. The lowest BCUT2D eigenvalue weighted by molar-refractivity contribution is -0.275. The van der Waals surface area contributed by atoms with Crippen LogP contribution in [-0.4, -0.2) is 68.2 Å². The van der Waals surface area contributed by atoms with Crippen LogP contribution < -0.4 is 0 Å². The smallest absolute Gasteiger partial charge is 0.272 e. The third-order valence-corrected chi connectivity index (χ3v) is 2.76. The summed E-state index contributed by atoms with van der Waals surface area (Å²) in [5.41, 5.74) is 0. The number of hydrogen-bond acceptors (Lipinski definition) is 7. The fourth-order valence-corrected chi connectivity index (χ4v) is 1.93. The van der Waals surface area contributed by atoms with Crippen molar-refractivity contribution in [3.8, 4) is 0 Å². The van der Waals surface area contributed by atoms with Crippen LogP contribution in [0.25, 0.3) is 0 Å². The molecule has 0 aliphatic carbocycles. The van der Waals surface area contributed by atoms with Crippen molar-refractivity contribution in [3.05, 3.63) is 0 Å². The van der Waals surface area contributed by atoms with Crippen LogP contribution in [0.2, 0.25) is 0 Å². The average molecular weight is 236 g/mol. The highest BCUT2D eigenvalue weighted by atomic mass is 16.9. The molecule has 0 aromatic rings. The molecule has 2 heterocycles. The average Bonchev–Trinajstić information content (AvgIpc) is 2.74. The van der Waals surface area contributed by atoms with Crippen LogP contribution in [0.15, 0.2) is 0 Å². The summed E-state index contributed by atoms with van der Waals surface area (Å²) < 4.78 is 25.9. The number of aliphatic hydroxyl groups excluding tert-OH is 2. The molecule has 2 saturated heterocycles. The number of hydrogen-bond donors (Lipinski definition) is 2. The molecule has 6 atom stereocenters. The van der Waals surface area contributed by atoms with E-state index in [2.05, 4.69) is 0 Å². The van der Waals surface area contributed by atoms with Gasteiger partial charge in [-0.25, -0.2) is 0 Å². The summed E-state index contributed by atoms with van der Waals surface area (Å²) in [6, 6.07) is 0. The minimum atomic E-state index is -0.971. The first-order valence-electron chi connectivity index (χ1n) is 5.02. The fraction of sp³-hybridized carbons (Fsp3) is 1.00. The normalized spacial score (nSPS) is 48.0. The van der Waals surface area contributed by atoms with E-state index in [9.17, 15) is 5.11 Å². The Bertz CT molecular complexity index is 236. The van der Waals surface area contributed by atoms with Crippen LogP contribution in [-0.2, 0) is 23.7 Å². The molecule has 2 N–H and O–H groups in total. The Morgan fingerprint density at radius 3 is 2.31 bits per heavy atom. The molecule has 0 aromatic heterocycles. The highest BCUT2D eigenvalue weighted by Crippen LogP contribution is 2.32. The Balaban J connectivity index is 2.11. The number of ether oxygens (including phenoxy) is 5. The minimum Gasteiger partial charge on any atom is -0.394 e. The summed E-state index contributed by atoms with van der Waals surface area (Å²) >= 11 is 0. The van der Waals surface area contributed by atoms with Gasteiger partial charge in [0.2, 0.25) is 0 Å². The second-order valence-corrected chi connectivity index (χ2v) is 3.68. The van der Waals surface area contributed by atoms with E-state index in [-0.39, 0.29) is 6.61 Å². The van der Waals surface area contributed by atoms with Gasteiger partial charge < -0.3 is 33.9 Å². The van der Waals surface area contributed by atoms with Gasteiger partial charge >= 0.3 is 0 Å². The van der Waals surface area contributed by atoms with Gasteiger partial charge in [0.1, 0.15) is 24.4 Å². The molecular weight excluding hydrogens is 220 g/mol. The zero-order valence-electron chi connectivity index (χ0n) is 9.11. The first kappa shape index (κ1) is 12.2. The Kier molecular flexibility index (Phi) is 3.75. The molecule has 0 amide bonds. The Morgan fingerprint density at radius 2 is 1.75 bits per heavy atom. The molecule has 2 aliphatic heterocycles. The maximum atomic E-state index is 9.86. The SMILES string of the molecule is CO[C@H]1O[C@@H]2[C@@H](OC)O[C@H](CO)[C@@H](O)[C@@H]2O1. The Morgan fingerprint density at radius 1 is 1.06 bits per heavy atom. The summed E-state index contributed by atoms with van der Waals surface area (Å²) in [6.07, 6.45) is -3.59. The molecular formula is C9H16O7. The number of rotatable bonds is 3. The standard InChI is InChI=1S/C9H16O7/c1-12-8-7-6(15-9(13-2)16-7)5(11)4(3-10)14-8/h4-11H,3H2,1-2H3/t4-,5-,6+,7+,8+,9-/m1/s1. The summed E-state index contributed by atoms with van der Waals surface area (Å²) in [5, 5.41) is 18.9. The van der Waals surface area contributed by atoms with E-state index in [1.807, 2.05) is 0 Å². The third kappa shape index (κ3) is 1.95. The van der Waals surface area contributed by atoms with Crippen LogP contribution in [0.3, 0.4) is 0 Å². The maximum absolute atomic E-state index is 9.86. The van der Waals surface area contributed by atoms with Crippen molar-refractivity contribution in [2.75, 3.05) is 20.8 Å². The van der Waals surface area contributed by atoms with Crippen molar-refractivity contribution in [2.24, 2.45) is 0 Å².